The van der Waals surface area contributed by atoms with Crippen molar-refractivity contribution in [2.24, 2.45) is 16.8 Å². The molecule has 0 aliphatic heterocycles. The monoisotopic (exact) mass is 677 g/mol. The van der Waals surface area contributed by atoms with E-state index in [1.165, 1.54) is 86.5 Å². The van der Waals surface area contributed by atoms with Crippen LogP contribution in [0.1, 0.15) is 155 Å². The molecule has 0 saturated carbocycles. The number of hydrogen-bond donors (Lipinski definition) is 0. The van der Waals surface area contributed by atoms with Gasteiger partial charge in [0.1, 0.15) is 6.29 Å². The SMILES string of the molecule is C#C.CC.CCCCCCC(C)CCCCCC.CN=C1C=CC=CC1C.C[N-]C.Cc1cc(CCC=O)cc(C(C)(C)C)c1C.[K+]. The number of aldehydes is 1. The Kier molecular flexibility index (Phi) is 46.9. The second-order valence-electron chi connectivity index (χ2n) is 13.0. The molecule has 0 N–H and O–H groups in total. The van der Waals surface area contributed by atoms with E-state index in [1.54, 1.807) is 14.1 Å². The summed E-state index contributed by atoms with van der Waals surface area (Å²) in [5, 5.41) is 3.50. The summed E-state index contributed by atoms with van der Waals surface area (Å²) < 4.78 is 0. The first-order valence-corrected chi connectivity index (χ1v) is 18.1. The molecule has 1 unspecified atom stereocenters. The van der Waals surface area contributed by atoms with Gasteiger partial charge in [-0.2, -0.15) is 14.1 Å². The first-order chi connectivity index (χ1) is 21.9. The van der Waals surface area contributed by atoms with E-state index in [0.29, 0.717) is 12.3 Å². The van der Waals surface area contributed by atoms with E-state index in [4.69, 9.17) is 0 Å². The van der Waals surface area contributed by atoms with Crippen LogP contribution in [0.4, 0.5) is 0 Å². The maximum absolute atomic E-state index is 10.4. The molecule has 266 valence electrons. The number of rotatable bonds is 13. The van der Waals surface area contributed by atoms with E-state index in [-0.39, 0.29) is 56.8 Å². The van der Waals surface area contributed by atoms with Crippen molar-refractivity contribution in [3.8, 4) is 12.8 Å². The van der Waals surface area contributed by atoms with Crippen molar-refractivity contribution in [1.82, 2.24) is 0 Å². The predicted molar refractivity (Wildman–Crippen MR) is 213 cm³/mol. The Morgan fingerprint density at radius 3 is 1.77 bits per heavy atom. The van der Waals surface area contributed by atoms with Crippen LogP contribution in [-0.4, -0.2) is 33.1 Å². The zero-order chi connectivity index (χ0) is 36.4. The van der Waals surface area contributed by atoms with Crippen LogP contribution < -0.4 is 51.4 Å². The molecule has 0 aromatic heterocycles. The van der Waals surface area contributed by atoms with Crippen molar-refractivity contribution in [2.45, 2.75) is 159 Å². The molecule has 1 aromatic carbocycles. The van der Waals surface area contributed by atoms with Gasteiger partial charge in [-0.05, 0) is 59.9 Å². The molecule has 1 aliphatic rings. The van der Waals surface area contributed by atoms with E-state index in [9.17, 15) is 4.79 Å². The van der Waals surface area contributed by atoms with Gasteiger partial charge in [0.15, 0.2) is 0 Å². The van der Waals surface area contributed by atoms with Crippen LogP contribution in [0, 0.1) is 38.5 Å². The van der Waals surface area contributed by atoms with Crippen LogP contribution in [-0.2, 0) is 16.6 Å². The Hall–Kier alpha value is -0.804. The van der Waals surface area contributed by atoms with Crippen LogP contribution in [0.5, 0.6) is 0 Å². The molecule has 1 aliphatic carbocycles. The molecule has 0 fully saturated rings. The molecule has 2 rings (SSSR count). The van der Waals surface area contributed by atoms with Crippen LogP contribution in [0.3, 0.4) is 0 Å². The summed E-state index contributed by atoms with van der Waals surface area (Å²) in [4.78, 5) is 14.5. The Balaban J connectivity index is -0.000000173. The van der Waals surface area contributed by atoms with Crippen molar-refractivity contribution >= 4 is 12.0 Å². The summed E-state index contributed by atoms with van der Waals surface area (Å²) in [6, 6.07) is 4.46. The molecule has 0 radical (unpaired) electrons. The maximum atomic E-state index is 10.4. The number of aliphatic imine (C=N–C) groups is 1. The van der Waals surface area contributed by atoms with E-state index >= 15 is 0 Å². The molecule has 1 aromatic rings. The number of allylic oxidation sites excluding steroid dienone is 4. The van der Waals surface area contributed by atoms with Crippen LogP contribution in [0.25, 0.3) is 5.32 Å². The van der Waals surface area contributed by atoms with Crippen molar-refractivity contribution in [2.75, 3.05) is 21.1 Å². The molecule has 3 nitrogen and oxygen atoms in total. The quantitative estimate of drug-likeness (QED) is 0.0888. The largest absolute Gasteiger partial charge is 1.00 e. The number of unbranched alkanes of at least 4 members (excludes halogenated alkanes) is 6. The fourth-order valence-electron chi connectivity index (χ4n) is 4.98. The molecule has 4 heteroatoms. The molecule has 0 bridgehead atoms. The van der Waals surface area contributed by atoms with Crippen molar-refractivity contribution in [3.05, 3.63) is 64.0 Å². The van der Waals surface area contributed by atoms with Gasteiger partial charge in [0, 0.05) is 25.1 Å². The zero-order valence-electron chi connectivity index (χ0n) is 34.1. The summed E-state index contributed by atoms with van der Waals surface area (Å²) >= 11 is 0. The molecular weight excluding hydrogens is 600 g/mol. The van der Waals surface area contributed by atoms with Gasteiger partial charge in [0.25, 0.3) is 0 Å². The van der Waals surface area contributed by atoms with Gasteiger partial charge in [-0.1, -0.05) is 157 Å². The Morgan fingerprint density at radius 1 is 0.915 bits per heavy atom. The Bertz CT molecular complexity index is 925. The standard InChI is InChI=1S/C15H22O.C14H30.C8H11N.C2H6N.C2H6.C2H2.K/c1-11-9-13(7-6-8-16)10-14(12(11)2)15(3,4)5;1-4-6-8-10-12-14(3)13-11-9-7-5-2;1-7-5-3-4-6-8(7)9-2;1-3-2;2*1-2;/h8-10H,6-7H2,1-5H3;14H,4-13H2,1-3H3;3-7H,1-2H3;1-2H3;1-2H3;1-2H;/q;;;-1;;;+1. The number of carbonyl (C=O) groups is 1. The van der Waals surface area contributed by atoms with Crippen molar-refractivity contribution < 1.29 is 56.2 Å². The number of hydrogen-bond acceptors (Lipinski definition) is 2. The second-order valence-corrected chi connectivity index (χ2v) is 13.0. The number of carbonyl (C=O) groups excluding carboxylic acids is 1. The zero-order valence-corrected chi connectivity index (χ0v) is 37.3. The minimum Gasteiger partial charge on any atom is -0.668 e. The van der Waals surface area contributed by atoms with E-state index in [2.05, 4.69) is 110 Å². The van der Waals surface area contributed by atoms with Gasteiger partial charge in [-0.3, -0.25) is 4.99 Å². The van der Waals surface area contributed by atoms with Gasteiger partial charge in [0.05, 0.1) is 0 Å². The van der Waals surface area contributed by atoms with Gasteiger partial charge >= 0.3 is 51.4 Å². The van der Waals surface area contributed by atoms with E-state index in [0.717, 1.165) is 24.3 Å². The van der Waals surface area contributed by atoms with Gasteiger partial charge in [0.2, 0.25) is 0 Å². The molecule has 47 heavy (non-hydrogen) atoms. The van der Waals surface area contributed by atoms with E-state index < -0.39 is 0 Å². The molecule has 0 amide bonds. The average molecular weight is 677 g/mol. The smallest absolute Gasteiger partial charge is 0.668 e. The first kappa shape index (κ1) is 55.6. The summed E-state index contributed by atoms with van der Waals surface area (Å²) in [6.07, 6.45) is 33.1. The number of terminal acetylenes is 1. The van der Waals surface area contributed by atoms with E-state index in [1.807, 2.05) is 33.0 Å². The number of benzene rings is 1. The molecule has 1 atom stereocenters. The first-order valence-electron chi connectivity index (χ1n) is 18.1. The number of aryl methyl sites for hydroxylation is 2. The summed E-state index contributed by atoms with van der Waals surface area (Å²) in [7, 11) is 5.33. The third-order valence-corrected chi connectivity index (χ3v) is 7.69. The van der Waals surface area contributed by atoms with Crippen molar-refractivity contribution in [3.63, 3.8) is 0 Å². The third-order valence-electron chi connectivity index (χ3n) is 7.69. The summed E-state index contributed by atoms with van der Waals surface area (Å²) in [5.74, 6) is 1.48. The normalized spacial score (nSPS) is 13.5. The number of nitrogens with zero attached hydrogens (tertiary/aromatic N) is 2. The van der Waals surface area contributed by atoms with Crippen LogP contribution >= 0.6 is 0 Å². The summed E-state index contributed by atoms with van der Waals surface area (Å²) in [5.41, 5.74) is 6.72. The molecule has 0 spiro atoms. The Labute approximate surface area is 338 Å². The second kappa shape index (κ2) is 39.6. The van der Waals surface area contributed by atoms with Crippen molar-refractivity contribution in [1.29, 1.82) is 0 Å². The predicted octanol–water partition coefficient (Wildman–Crippen LogP) is 10.0. The topological polar surface area (TPSA) is 43.5 Å². The molecule has 0 heterocycles. The third kappa shape index (κ3) is 33.5. The van der Waals surface area contributed by atoms with Crippen LogP contribution in [0.2, 0.25) is 0 Å². The molecular formula is C43H77KN2O. The fraction of sp³-hybridized carbons (Fsp3) is 0.674. The van der Waals surface area contributed by atoms with Gasteiger partial charge in [-0.25, -0.2) is 0 Å². The minimum atomic E-state index is 0. The Morgan fingerprint density at radius 2 is 1.40 bits per heavy atom. The fourth-order valence-corrected chi connectivity index (χ4v) is 4.98. The van der Waals surface area contributed by atoms with Crippen LogP contribution in [0.15, 0.2) is 41.4 Å². The maximum Gasteiger partial charge on any atom is 1.00 e. The summed E-state index contributed by atoms with van der Waals surface area (Å²) in [6.45, 7) is 24.2. The van der Waals surface area contributed by atoms with Gasteiger partial charge in [-0.15, -0.1) is 12.8 Å². The van der Waals surface area contributed by atoms with Gasteiger partial charge < -0.3 is 10.1 Å². The molecule has 0 saturated heterocycles. The minimum absolute atomic E-state index is 0. The average Bonchev–Trinajstić information content (AvgIpc) is 3.04.